The van der Waals surface area contributed by atoms with Crippen LogP contribution in [0.4, 0.5) is 0 Å². The van der Waals surface area contributed by atoms with Crippen LogP contribution in [0.2, 0.25) is 10.0 Å². The number of rotatable bonds is 3. The summed E-state index contributed by atoms with van der Waals surface area (Å²) in [7, 11) is 1.66. The van der Waals surface area contributed by atoms with Crippen LogP contribution in [0, 0.1) is 0 Å². The lowest BCUT2D eigenvalue weighted by molar-refractivity contribution is -0.0190. The molecule has 2 aliphatic rings. The summed E-state index contributed by atoms with van der Waals surface area (Å²) in [6.45, 7) is 0. The summed E-state index contributed by atoms with van der Waals surface area (Å²) >= 11 is 12.5. The van der Waals surface area contributed by atoms with E-state index in [4.69, 9.17) is 37.8 Å². The fraction of sp³-hybridized carbons (Fsp3) is 0.174. The van der Waals surface area contributed by atoms with Gasteiger partial charge in [-0.25, -0.2) is 5.01 Å². The quantitative estimate of drug-likeness (QED) is 0.498. The Morgan fingerprint density at radius 3 is 2.59 bits per heavy atom. The van der Waals surface area contributed by atoms with Crippen molar-refractivity contribution in [1.82, 2.24) is 5.01 Å². The first kappa shape index (κ1) is 18.3. The summed E-state index contributed by atoms with van der Waals surface area (Å²) < 4.78 is 11.7. The molecule has 3 aromatic carbocycles. The van der Waals surface area contributed by atoms with Crippen LogP contribution >= 0.6 is 23.2 Å². The van der Waals surface area contributed by atoms with Crippen LogP contribution in [-0.4, -0.2) is 17.8 Å². The zero-order valence-corrected chi connectivity index (χ0v) is 17.2. The fourth-order valence-electron chi connectivity index (χ4n) is 3.91. The summed E-state index contributed by atoms with van der Waals surface area (Å²) in [5, 5.41) is 8.18. The van der Waals surface area contributed by atoms with E-state index in [0.29, 0.717) is 10.0 Å². The zero-order chi connectivity index (χ0) is 20.0. The Morgan fingerprint density at radius 2 is 1.83 bits per heavy atom. The van der Waals surface area contributed by atoms with E-state index < -0.39 is 0 Å². The Labute approximate surface area is 179 Å². The second kappa shape index (κ2) is 7.29. The number of nitrogens with zero attached hydrogens (tertiary/aromatic N) is 2. The van der Waals surface area contributed by atoms with Gasteiger partial charge in [0.15, 0.2) is 0 Å². The summed E-state index contributed by atoms with van der Waals surface area (Å²) in [6, 6.07) is 21.6. The summed E-state index contributed by atoms with van der Waals surface area (Å²) in [4.78, 5) is 0. The molecule has 2 atom stereocenters. The van der Waals surface area contributed by atoms with E-state index in [9.17, 15) is 0 Å². The first-order chi connectivity index (χ1) is 14.1. The Morgan fingerprint density at radius 1 is 1.03 bits per heavy atom. The molecule has 3 aromatic rings. The van der Waals surface area contributed by atoms with Gasteiger partial charge < -0.3 is 9.47 Å². The van der Waals surface area contributed by atoms with E-state index in [1.807, 2.05) is 59.6 Å². The maximum absolute atomic E-state index is 6.47. The first-order valence-corrected chi connectivity index (χ1v) is 10.1. The molecule has 0 radical (unpaired) electrons. The van der Waals surface area contributed by atoms with E-state index in [2.05, 4.69) is 6.07 Å². The second-order valence-electron chi connectivity index (χ2n) is 7.05. The number of hydrogen-bond acceptors (Lipinski definition) is 4. The zero-order valence-electron chi connectivity index (χ0n) is 15.7. The third kappa shape index (κ3) is 3.22. The number of methoxy groups -OCH3 is 1. The van der Waals surface area contributed by atoms with Crippen molar-refractivity contribution >= 4 is 28.9 Å². The molecule has 6 heteroatoms. The standard InChI is InChI=1S/C23H18Cl2N2O2/c1-28-16-9-6-14(7-10-16)23-27-21(18-4-2-3-5-22(18)29-23)13-20(26-27)17-11-8-15(24)12-19(17)25/h2-12,21,23H,13H2,1H3/t21-,23-/m0/s1. The van der Waals surface area contributed by atoms with E-state index in [1.54, 1.807) is 13.2 Å². The molecule has 0 saturated heterocycles. The lowest BCUT2D eigenvalue weighted by Crippen LogP contribution is -2.33. The van der Waals surface area contributed by atoms with Crippen molar-refractivity contribution < 1.29 is 9.47 Å². The minimum absolute atomic E-state index is 0.0776. The highest BCUT2D eigenvalue weighted by Gasteiger charge is 2.41. The number of benzene rings is 3. The Kier molecular flexibility index (Phi) is 4.61. The van der Waals surface area contributed by atoms with Crippen LogP contribution in [-0.2, 0) is 0 Å². The Balaban J connectivity index is 1.58. The average Bonchev–Trinajstić information content (AvgIpc) is 3.18. The molecular formula is C23H18Cl2N2O2. The van der Waals surface area contributed by atoms with Crippen LogP contribution in [0.3, 0.4) is 0 Å². The molecule has 0 bridgehead atoms. The van der Waals surface area contributed by atoms with Crippen molar-refractivity contribution in [2.75, 3.05) is 7.11 Å². The van der Waals surface area contributed by atoms with Crippen LogP contribution < -0.4 is 9.47 Å². The number of halogens is 2. The number of ether oxygens (including phenoxy) is 2. The van der Waals surface area contributed by atoms with Crippen molar-refractivity contribution in [3.05, 3.63) is 93.5 Å². The van der Waals surface area contributed by atoms with Crippen molar-refractivity contribution in [1.29, 1.82) is 0 Å². The van der Waals surface area contributed by atoms with Crippen molar-refractivity contribution in [2.24, 2.45) is 5.10 Å². The van der Waals surface area contributed by atoms with Gasteiger partial charge in [-0.15, -0.1) is 0 Å². The third-order valence-electron chi connectivity index (χ3n) is 5.34. The van der Waals surface area contributed by atoms with Gasteiger partial charge in [0.2, 0.25) is 6.23 Å². The SMILES string of the molecule is COc1ccc([C@@H]2Oc3ccccc3[C@@H]3CC(c4ccc(Cl)cc4Cl)=NN32)cc1. The molecule has 0 aliphatic carbocycles. The average molecular weight is 425 g/mol. The maximum Gasteiger partial charge on any atom is 0.213 e. The van der Waals surface area contributed by atoms with Crippen LogP contribution in [0.15, 0.2) is 71.8 Å². The molecule has 0 N–H and O–H groups in total. The number of hydrogen-bond donors (Lipinski definition) is 0. The van der Waals surface area contributed by atoms with Gasteiger partial charge in [0.1, 0.15) is 11.5 Å². The molecule has 2 heterocycles. The molecule has 0 saturated carbocycles. The summed E-state index contributed by atoms with van der Waals surface area (Å²) in [6.07, 6.45) is 0.415. The van der Waals surface area contributed by atoms with Crippen molar-refractivity contribution in [3.63, 3.8) is 0 Å². The molecule has 5 rings (SSSR count). The molecule has 0 fully saturated rings. The predicted molar refractivity (Wildman–Crippen MR) is 115 cm³/mol. The van der Waals surface area contributed by atoms with Gasteiger partial charge in [-0.2, -0.15) is 5.10 Å². The molecule has 0 amide bonds. The van der Waals surface area contributed by atoms with E-state index >= 15 is 0 Å². The minimum atomic E-state index is -0.329. The Bertz CT molecular complexity index is 1100. The smallest absolute Gasteiger partial charge is 0.213 e. The third-order valence-corrected chi connectivity index (χ3v) is 5.89. The number of hydrazone groups is 1. The van der Waals surface area contributed by atoms with Gasteiger partial charge in [-0.05, 0) is 42.5 Å². The van der Waals surface area contributed by atoms with Gasteiger partial charge in [-0.3, -0.25) is 0 Å². The van der Waals surface area contributed by atoms with Gasteiger partial charge in [0.05, 0.1) is 23.9 Å². The topological polar surface area (TPSA) is 34.1 Å². The minimum Gasteiger partial charge on any atom is -0.497 e. The van der Waals surface area contributed by atoms with Gasteiger partial charge >= 0.3 is 0 Å². The lowest BCUT2D eigenvalue weighted by atomic mass is 9.96. The monoisotopic (exact) mass is 424 g/mol. The second-order valence-corrected chi connectivity index (χ2v) is 7.90. The summed E-state index contributed by atoms with van der Waals surface area (Å²) in [5.74, 6) is 1.69. The number of fused-ring (bicyclic) bond motifs is 3. The van der Waals surface area contributed by atoms with Crippen LogP contribution in [0.25, 0.3) is 0 Å². The summed E-state index contributed by atoms with van der Waals surface area (Å²) in [5.41, 5.74) is 3.96. The number of para-hydroxylation sites is 1. The molecule has 146 valence electrons. The highest BCUT2D eigenvalue weighted by atomic mass is 35.5. The molecule has 2 aliphatic heterocycles. The molecule has 0 aromatic heterocycles. The highest BCUT2D eigenvalue weighted by Crippen LogP contribution is 2.47. The lowest BCUT2D eigenvalue weighted by Gasteiger charge is -2.38. The van der Waals surface area contributed by atoms with E-state index in [-0.39, 0.29) is 12.3 Å². The molecule has 29 heavy (non-hydrogen) atoms. The molecular weight excluding hydrogens is 407 g/mol. The maximum atomic E-state index is 6.47. The normalized spacial score (nSPS) is 19.8. The molecule has 4 nitrogen and oxygen atoms in total. The van der Waals surface area contributed by atoms with Gasteiger partial charge in [-0.1, -0.05) is 47.5 Å². The van der Waals surface area contributed by atoms with Crippen molar-refractivity contribution in [2.45, 2.75) is 18.7 Å². The van der Waals surface area contributed by atoms with Crippen LogP contribution in [0.5, 0.6) is 11.5 Å². The van der Waals surface area contributed by atoms with Gasteiger partial charge in [0, 0.05) is 28.1 Å². The molecule has 0 spiro atoms. The Hall–Kier alpha value is -2.69. The van der Waals surface area contributed by atoms with E-state index in [0.717, 1.165) is 40.3 Å². The first-order valence-electron chi connectivity index (χ1n) is 9.35. The van der Waals surface area contributed by atoms with Crippen molar-refractivity contribution in [3.8, 4) is 11.5 Å². The highest BCUT2D eigenvalue weighted by molar-refractivity contribution is 6.37. The largest absolute Gasteiger partial charge is 0.497 e. The predicted octanol–water partition coefficient (Wildman–Crippen LogP) is 6.24. The van der Waals surface area contributed by atoms with Gasteiger partial charge in [0.25, 0.3) is 0 Å². The van der Waals surface area contributed by atoms with E-state index in [1.165, 1.54) is 0 Å². The molecule has 0 unspecified atom stereocenters. The fourth-order valence-corrected chi connectivity index (χ4v) is 4.43. The van der Waals surface area contributed by atoms with Crippen LogP contribution in [0.1, 0.15) is 35.4 Å².